The molecule has 0 bridgehead atoms. The van der Waals surface area contributed by atoms with E-state index in [-0.39, 0.29) is 0 Å². The fraction of sp³-hybridized carbons (Fsp3) is 0.214. The minimum absolute atomic E-state index is 0.486. The SMILES string of the molecule is Cc1nn(C)c(NS(=O)(=O)C=Cc2ccccc2)c1C. The molecule has 0 aliphatic heterocycles. The number of nitrogens with zero attached hydrogens (tertiary/aromatic N) is 2. The number of hydrogen-bond donors (Lipinski definition) is 1. The summed E-state index contributed by atoms with van der Waals surface area (Å²) in [6.07, 6.45) is 1.56. The van der Waals surface area contributed by atoms with Gasteiger partial charge < -0.3 is 0 Å². The molecule has 0 atom stereocenters. The molecule has 1 aromatic carbocycles. The monoisotopic (exact) mass is 291 g/mol. The third-order valence-electron chi connectivity index (χ3n) is 3.00. The van der Waals surface area contributed by atoms with Gasteiger partial charge in [0.15, 0.2) is 0 Å². The summed E-state index contributed by atoms with van der Waals surface area (Å²) in [6.45, 7) is 3.67. The number of rotatable bonds is 4. The van der Waals surface area contributed by atoms with Crippen LogP contribution in [-0.2, 0) is 17.1 Å². The second-order valence-corrected chi connectivity index (χ2v) is 6.11. The topological polar surface area (TPSA) is 64.0 Å². The molecule has 6 heteroatoms. The molecule has 0 radical (unpaired) electrons. The smallest absolute Gasteiger partial charge is 0.256 e. The lowest BCUT2D eigenvalue weighted by molar-refractivity contribution is 0.608. The molecule has 1 aromatic heterocycles. The number of sulfonamides is 1. The first-order valence-electron chi connectivity index (χ1n) is 6.15. The summed E-state index contributed by atoms with van der Waals surface area (Å²) in [7, 11) is -1.85. The van der Waals surface area contributed by atoms with Gasteiger partial charge in [0, 0.05) is 12.6 Å². The van der Waals surface area contributed by atoms with E-state index in [1.807, 2.05) is 44.2 Å². The predicted molar refractivity (Wildman–Crippen MR) is 80.7 cm³/mol. The summed E-state index contributed by atoms with van der Waals surface area (Å²) in [5.41, 5.74) is 2.46. The lowest BCUT2D eigenvalue weighted by atomic mass is 10.2. The summed E-state index contributed by atoms with van der Waals surface area (Å²) in [5.74, 6) is 0.486. The average Bonchev–Trinajstić information content (AvgIpc) is 2.64. The van der Waals surface area contributed by atoms with E-state index in [1.165, 1.54) is 4.68 Å². The first-order valence-corrected chi connectivity index (χ1v) is 7.70. The van der Waals surface area contributed by atoms with Crippen molar-refractivity contribution in [3.63, 3.8) is 0 Å². The van der Waals surface area contributed by atoms with Crippen molar-refractivity contribution >= 4 is 21.9 Å². The van der Waals surface area contributed by atoms with Crippen LogP contribution in [0.3, 0.4) is 0 Å². The van der Waals surface area contributed by atoms with Gasteiger partial charge in [-0.25, -0.2) is 8.42 Å². The Kier molecular flexibility index (Phi) is 3.94. The minimum Gasteiger partial charge on any atom is -0.264 e. The van der Waals surface area contributed by atoms with Crippen molar-refractivity contribution in [1.29, 1.82) is 0 Å². The standard InChI is InChI=1S/C14H17N3O2S/c1-11-12(2)15-17(3)14(11)16-20(18,19)10-9-13-7-5-4-6-8-13/h4-10,16H,1-3H3. The second-order valence-electron chi connectivity index (χ2n) is 4.54. The Hall–Kier alpha value is -2.08. The van der Waals surface area contributed by atoms with Crippen LogP contribution in [0.4, 0.5) is 5.82 Å². The van der Waals surface area contributed by atoms with Gasteiger partial charge in [-0.3, -0.25) is 9.40 Å². The Morgan fingerprint density at radius 3 is 2.40 bits per heavy atom. The largest absolute Gasteiger partial charge is 0.264 e. The molecule has 106 valence electrons. The molecule has 2 aromatic rings. The maximum Gasteiger partial charge on any atom is 0.256 e. The number of nitrogens with one attached hydrogen (secondary N) is 1. The van der Waals surface area contributed by atoms with Crippen molar-refractivity contribution in [1.82, 2.24) is 9.78 Å². The summed E-state index contributed by atoms with van der Waals surface area (Å²) in [6, 6.07) is 9.27. The van der Waals surface area contributed by atoms with E-state index in [9.17, 15) is 8.42 Å². The van der Waals surface area contributed by atoms with Gasteiger partial charge in [-0.2, -0.15) is 5.10 Å². The summed E-state index contributed by atoms with van der Waals surface area (Å²) < 4.78 is 28.2. The Labute approximate surface area is 119 Å². The van der Waals surface area contributed by atoms with Crippen LogP contribution in [-0.4, -0.2) is 18.2 Å². The number of anilines is 1. The first kappa shape index (κ1) is 14.3. The van der Waals surface area contributed by atoms with Crippen LogP contribution in [0.1, 0.15) is 16.8 Å². The molecule has 0 saturated carbocycles. The highest BCUT2D eigenvalue weighted by atomic mass is 32.2. The van der Waals surface area contributed by atoms with Crippen LogP contribution in [0.25, 0.3) is 6.08 Å². The van der Waals surface area contributed by atoms with E-state index in [1.54, 1.807) is 13.1 Å². The Morgan fingerprint density at radius 2 is 1.85 bits per heavy atom. The molecule has 0 unspecified atom stereocenters. The van der Waals surface area contributed by atoms with E-state index in [2.05, 4.69) is 9.82 Å². The van der Waals surface area contributed by atoms with Gasteiger partial charge in [-0.15, -0.1) is 0 Å². The number of aromatic nitrogens is 2. The Bertz CT molecular complexity index is 731. The molecular formula is C14H17N3O2S. The molecule has 0 aliphatic carbocycles. The highest BCUT2D eigenvalue weighted by Crippen LogP contribution is 2.18. The Balaban J connectivity index is 2.22. The lowest BCUT2D eigenvalue weighted by Crippen LogP contribution is -2.12. The molecule has 0 saturated heterocycles. The van der Waals surface area contributed by atoms with Crippen LogP contribution < -0.4 is 4.72 Å². The molecule has 0 spiro atoms. The molecular weight excluding hydrogens is 274 g/mol. The summed E-state index contributed by atoms with van der Waals surface area (Å²) >= 11 is 0. The van der Waals surface area contributed by atoms with Gasteiger partial charge in [0.2, 0.25) is 0 Å². The van der Waals surface area contributed by atoms with Crippen molar-refractivity contribution in [2.75, 3.05) is 4.72 Å². The normalized spacial score (nSPS) is 11.9. The van der Waals surface area contributed by atoms with Gasteiger partial charge in [0.05, 0.1) is 11.1 Å². The number of hydrogen-bond acceptors (Lipinski definition) is 3. The average molecular weight is 291 g/mol. The predicted octanol–water partition coefficient (Wildman–Crippen LogP) is 2.45. The zero-order valence-corrected chi connectivity index (χ0v) is 12.5. The zero-order valence-electron chi connectivity index (χ0n) is 11.7. The van der Waals surface area contributed by atoms with Gasteiger partial charge in [0.1, 0.15) is 5.82 Å². The quantitative estimate of drug-likeness (QED) is 0.941. The molecule has 0 amide bonds. The molecule has 0 fully saturated rings. The minimum atomic E-state index is -3.56. The fourth-order valence-corrected chi connectivity index (χ4v) is 2.77. The van der Waals surface area contributed by atoms with Crippen molar-refractivity contribution in [2.24, 2.45) is 7.05 Å². The lowest BCUT2D eigenvalue weighted by Gasteiger charge is -2.05. The number of aryl methyl sites for hydroxylation is 2. The highest BCUT2D eigenvalue weighted by molar-refractivity contribution is 7.95. The first-order chi connectivity index (χ1) is 9.39. The van der Waals surface area contributed by atoms with Crippen LogP contribution >= 0.6 is 0 Å². The molecule has 20 heavy (non-hydrogen) atoms. The van der Waals surface area contributed by atoms with Crippen LogP contribution in [0.2, 0.25) is 0 Å². The van der Waals surface area contributed by atoms with Crippen LogP contribution in [0.15, 0.2) is 35.7 Å². The van der Waals surface area contributed by atoms with E-state index in [4.69, 9.17) is 0 Å². The second kappa shape index (κ2) is 5.50. The van der Waals surface area contributed by atoms with Crippen molar-refractivity contribution in [3.8, 4) is 0 Å². The summed E-state index contributed by atoms with van der Waals surface area (Å²) in [4.78, 5) is 0. The van der Waals surface area contributed by atoms with Crippen molar-refractivity contribution < 1.29 is 8.42 Å². The molecule has 2 rings (SSSR count). The van der Waals surface area contributed by atoms with Crippen molar-refractivity contribution in [2.45, 2.75) is 13.8 Å². The number of benzene rings is 1. The molecule has 0 aliphatic rings. The van der Waals surface area contributed by atoms with Gasteiger partial charge in [-0.1, -0.05) is 30.3 Å². The molecule has 5 nitrogen and oxygen atoms in total. The van der Waals surface area contributed by atoms with Gasteiger partial charge in [-0.05, 0) is 25.5 Å². The third-order valence-corrected chi connectivity index (χ3v) is 3.97. The highest BCUT2D eigenvalue weighted by Gasteiger charge is 2.14. The van der Waals surface area contributed by atoms with Crippen LogP contribution in [0, 0.1) is 13.8 Å². The molecule has 1 N–H and O–H groups in total. The fourth-order valence-electron chi connectivity index (χ4n) is 1.81. The van der Waals surface area contributed by atoms with E-state index in [0.29, 0.717) is 5.82 Å². The zero-order chi connectivity index (χ0) is 14.8. The van der Waals surface area contributed by atoms with Gasteiger partial charge >= 0.3 is 0 Å². The van der Waals surface area contributed by atoms with Crippen molar-refractivity contribution in [3.05, 3.63) is 52.6 Å². The van der Waals surface area contributed by atoms with Crippen LogP contribution in [0.5, 0.6) is 0 Å². The molecule has 1 heterocycles. The van der Waals surface area contributed by atoms with Gasteiger partial charge in [0.25, 0.3) is 10.0 Å². The maximum atomic E-state index is 12.0. The maximum absolute atomic E-state index is 12.0. The van der Waals surface area contributed by atoms with E-state index >= 15 is 0 Å². The van der Waals surface area contributed by atoms with E-state index in [0.717, 1.165) is 22.2 Å². The van der Waals surface area contributed by atoms with E-state index < -0.39 is 10.0 Å². The Morgan fingerprint density at radius 1 is 1.20 bits per heavy atom. The third kappa shape index (κ3) is 3.27. The summed E-state index contributed by atoms with van der Waals surface area (Å²) in [5, 5.41) is 5.34.